The van der Waals surface area contributed by atoms with E-state index in [0.29, 0.717) is 39.4 Å². The number of hydrogen-bond donors (Lipinski definition) is 1. The van der Waals surface area contributed by atoms with Crippen molar-refractivity contribution in [3.8, 4) is 11.5 Å². The Kier molecular flexibility index (Phi) is 7.27. The Bertz CT molecular complexity index is 1040. The van der Waals surface area contributed by atoms with Crippen LogP contribution in [-0.4, -0.2) is 13.0 Å². The first kappa shape index (κ1) is 21.7. The number of hydrogen-bond acceptors (Lipinski definition) is 3. The van der Waals surface area contributed by atoms with Crippen LogP contribution in [0.25, 0.3) is 0 Å². The topological polar surface area (TPSA) is 47.6 Å². The van der Waals surface area contributed by atoms with Crippen molar-refractivity contribution >= 4 is 57.4 Å². The van der Waals surface area contributed by atoms with E-state index in [1.165, 1.54) is 5.56 Å². The second kappa shape index (κ2) is 9.69. The van der Waals surface area contributed by atoms with Gasteiger partial charge in [0.1, 0.15) is 6.61 Å². The van der Waals surface area contributed by atoms with Gasteiger partial charge in [0, 0.05) is 11.3 Å². The quantitative estimate of drug-likeness (QED) is 0.351. The predicted molar refractivity (Wildman–Crippen MR) is 126 cm³/mol. The number of carbonyl (C=O) groups excluding carboxylic acids is 1. The van der Waals surface area contributed by atoms with Crippen molar-refractivity contribution in [1.82, 2.24) is 0 Å². The standard InChI is InChI=1S/C22H18Cl2INO3/c1-13-3-5-14(6-4-13)12-29-21-19(25)9-15(10-20(21)28-2)22(27)26-16-7-8-17(23)18(24)11-16/h3-11H,12H2,1-2H3,(H,26,27). The van der Waals surface area contributed by atoms with Gasteiger partial charge in [0.25, 0.3) is 5.91 Å². The highest BCUT2D eigenvalue weighted by atomic mass is 127. The third kappa shape index (κ3) is 5.56. The number of amides is 1. The molecule has 7 heteroatoms. The van der Waals surface area contributed by atoms with Gasteiger partial charge in [-0.05, 0) is 65.4 Å². The lowest BCUT2D eigenvalue weighted by atomic mass is 10.1. The number of ether oxygens (including phenoxy) is 2. The van der Waals surface area contributed by atoms with E-state index in [1.54, 1.807) is 37.4 Å². The van der Waals surface area contributed by atoms with Gasteiger partial charge in [-0.3, -0.25) is 4.79 Å². The van der Waals surface area contributed by atoms with E-state index >= 15 is 0 Å². The zero-order chi connectivity index (χ0) is 21.0. The van der Waals surface area contributed by atoms with Crippen LogP contribution in [0.1, 0.15) is 21.5 Å². The van der Waals surface area contributed by atoms with Crippen LogP contribution in [0.15, 0.2) is 54.6 Å². The Morgan fingerprint density at radius 1 is 1.03 bits per heavy atom. The van der Waals surface area contributed by atoms with Crippen molar-refractivity contribution in [2.45, 2.75) is 13.5 Å². The van der Waals surface area contributed by atoms with Crippen molar-refractivity contribution in [3.63, 3.8) is 0 Å². The molecule has 0 saturated carbocycles. The molecule has 29 heavy (non-hydrogen) atoms. The Balaban J connectivity index is 1.78. The minimum absolute atomic E-state index is 0.287. The second-order valence-electron chi connectivity index (χ2n) is 6.35. The third-order valence-electron chi connectivity index (χ3n) is 4.17. The van der Waals surface area contributed by atoms with Gasteiger partial charge in [0.05, 0.1) is 20.7 Å². The molecule has 0 aliphatic heterocycles. The molecule has 1 amide bonds. The summed E-state index contributed by atoms with van der Waals surface area (Å²) in [6.07, 6.45) is 0. The molecule has 3 aromatic rings. The number of halogens is 3. The van der Waals surface area contributed by atoms with Gasteiger partial charge in [-0.25, -0.2) is 0 Å². The summed E-state index contributed by atoms with van der Waals surface area (Å²) in [6.45, 7) is 2.44. The molecular formula is C22H18Cl2INO3. The molecule has 0 spiro atoms. The lowest BCUT2D eigenvalue weighted by Gasteiger charge is -2.15. The molecule has 0 aliphatic rings. The largest absolute Gasteiger partial charge is 0.493 e. The van der Waals surface area contributed by atoms with Gasteiger partial charge in [-0.15, -0.1) is 0 Å². The number of benzene rings is 3. The summed E-state index contributed by atoms with van der Waals surface area (Å²) in [5.74, 6) is 0.799. The molecule has 0 aliphatic carbocycles. The Hall–Kier alpha value is -1.96. The van der Waals surface area contributed by atoms with E-state index in [1.807, 2.05) is 31.2 Å². The second-order valence-corrected chi connectivity index (χ2v) is 8.32. The summed E-state index contributed by atoms with van der Waals surface area (Å²) in [5.41, 5.74) is 3.24. The maximum atomic E-state index is 12.7. The number of rotatable bonds is 6. The fraction of sp³-hybridized carbons (Fsp3) is 0.136. The summed E-state index contributed by atoms with van der Waals surface area (Å²) in [6, 6.07) is 16.4. The highest BCUT2D eigenvalue weighted by Crippen LogP contribution is 2.35. The van der Waals surface area contributed by atoms with Gasteiger partial charge in [0.15, 0.2) is 11.5 Å². The molecule has 0 radical (unpaired) electrons. The minimum atomic E-state index is -0.287. The molecule has 0 fully saturated rings. The smallest absolute Gasteiger partial charge is 0.255 e. The number of anilines is 1. The van der Waals surface area contributed by atoms with E-state index in [0.717, 1.165) is 9.13 Å². The highest BCUT2D eigenvalue weighted by molar-refractivity contribution is 14.1. The predicted octanol–water partition coefficient (Wildman–Crippen LogP) is 6.75. The third-order valence-corrected chi connectivity index (χ3v) is 5.71. The molecule has 0 bridgehead atoms. The van der Waals surface area contributed by atoms with Gasteiger partial charge in [-0.2, -0.15) is 0 Å². The van der Waals surface area contributed by atoms with Gasteiger partial charge in [-0.1, -0.05) is 53.0 Å². The van der Waals surface area contributed by atoms with E-state index in [-0.39, 0.29) is 5.91 Å². The van der Waals surface area contributed by atoms with Crippen LogP contribution < -0.4 is 14.8 Å². The highest BCUT2D eigenvalue weighted by Gasteiger charge is 2.16. The zero-order valence-corrected chi connectivity index (χ0v) is 19.4. The molecule has 0 aromatic heterocycles. The fourth-order valence-electron chi connectivity index (χ4n) is 2.61. The zero-order valence-electron chi connectivity index (χ0n) is 15.8. The van der Waals surface area contributed by atoms with E-state index in [2.05, 4.69) is 27.9 Å². The monoisotopic (exact) mass is 541 g/mol. The normalized spacial score (nSPS) is 10.5. The summed E-state index contributed by atoms with van der Waals surface area (Å²) >= 11 is 14.1. The molecular weight excluding hydrogens is 524 g/mol. The number of aryl methyl sites for hydroxylation is 1. The van der Waals surface area contributed by atoms with Gasteiger partial charge in [0.2, 0.25) is 0 Å². The Labute approximate surface area is 193 Å². The molecule has 0 saturated heterocycles. The lowest BCUT2D eigenvalue weighted by molar-refractivity contribution is 0.102. The Morgan fingerprint density at radius 3 is 2.41 bits per heavy atom. The average Bonchev–Trinajstić information content (AvgIpc) is 2.70. The average molecular weight is 542 g/mol. The van der Waals surface area contributed by atoms with E-state index in [4.69, 9.17) is 32.7 Å². The van der Waals surface area contributed by atoms with Crippen molar-refractivity contribution in [1.29, 1.82) is 0 Å². The van der Waals surface area contributed by atoms with E-state index < -0.39 is 0 Å². The molecule has 3 aromatic carbocycles. The number of methoxy groups -OCH3 is 1. The first-order chi connectivity index (χ1) is 13.9. The van der Waals surface area contributed by atoms with Crippen LogP contribution >= 0.6 is 45.8 Å². The van der Waals surface area contributed by atoms with Crippen LogP contribution in [0.5, 0.6) is 11.5 Å². The van der Waals surface area contributed by atoms with Crippen LogP contribution in [0.3, 0.4) is 0 Å². The molecule has 0 unspecified atom stereocenters. The van der Waals surface area contributed by atoms with Crippen molar-refractivity contribution in [2.75, 3.05) is 12.4 Å². The summed E-state index contributed by atoms with van der Waals surface area (Å²) < 4.78 is 12.2. The molecule has 0 atom stereocenters. The van der Waals surface area contributed by atoms with Crippen LogP contribution in [0.2, 0.25) is 10.0 Å². The molecule has 3 rings (SSSR count). The van der Waals surface area contributed by atoms with Crippen molar-refractivity contribution in [2.24, 2.45) is 0 Å². The maximum absolute atomic E-state index is 12.7. The van der Waals surface area contributed by atoms with Crippen LogP contribution in [0.4, 0.5) is 5.69 Å². The summed E-state index contributed by atoms with van der Waals surface area (Å²) in [7, 11) is 1.55. The van der Waals surface area contributed by atoms with Crippen molar-refractivity contribution in [3.05, 3.63) is 84.9 Å². The Morgan fingerprint density at radius 2 is 1.76 bits per heavy atom. The van der Waals surface area contributed by atoms with E-state index in [9.17, 15) is 4.79 Å². The number of carbonyl (C=O) groups is 1. The molecule has 0 heterocycles. The van der Waals surface area contributed by atoms with Crippen molar-refractivity contribution < 1.29 is 14.3 Å². The first-order valence-electron chi connectivity index (χ1n) is 8.69. The van der Waals surface area contributed by atoms with Gasteiger partial charge < -0.3 is 14.8 Å². The van der Waals surface area contributed by atoms with Crippen LogP contribution in [-0.2, 0) is 6.61 Å². The first-order valence-corrected chi connectivity index (χ1v) is 10.5. The summed E-state index contributed by atoms with van der Waals surface area (Å²) in [4.78, 5) is 12.7. The minimum Gasteiger partial charge on any atom is -0.493 e. The lowest BCUT2D eigenvalue weighted by Crippen LogP contribution is -2.13. The maximum Gasteiger partial charge on any atom is 0.255 e. The van der Waals surface area contributed by atoms with Gasteiger partial charge >= 0.3 is 0 Å². The summed E-state index contributed by atoms with van der Waals surface area (Å²) in [5, 5.41) is 3.60. The molecule has 4 nitrogen and oxygen atoms in total. The van der Waals surface area contributed by atoms with Crippen LogP contribution in [0, 0.1) is 10.5 Å². The molecule has 1 N–H and O–H groups in total. The number of nitrogens with one attached hydrogen (secondary N) is 1. The fourth-order valence-corrected chi connectivity index (χ4v) is 3.66. The SMILES string of the molecule is COc1cc(C(=O)Nc2ccc(Cl)c(Cl)c2)cc(I)c1OCc1ccc(C)cc1. The molecule has 150 valence electrons.